The Hall–Kier alpha value is -2.56. The van der Waals surface area contributed by atoms with Crippen LogP contribution in [0.3, 0.4) is 0 Å². The third-order valence-corrected chi connectivity index (χ3v) is 2.90. The molecule has 108 valence electrons. The topological polar surface area (TPSA) is 43.1 Å². The molecule has 2 N–H and O–H groups in total. The Morgan fingerprint density at radius 2 is 1.29 bits per heavy atom. The lowest BCUT2D eigenvalue weighted by Crippen LogP contribution is -2.10. The van der Waals surface area contributed by atoms with Gasteiger partial charge in [-0.3, -0.25) is 4.79 Å². The van der Waals surface area contributed by atoms with Gasteiger partial charge in [0.2, 0.25) is 5.91 Å². The normalized spacial score (nSPS) is 11.8. The van der Waals surface area contributed by atoms with E-state index >= 15 is 0 Å². The minimum Gasteiger partial charge on any atom is -0.366 e. The highest BCUT2D eigenvalue weighted by Gasteiger charge is 2.29. The maximum atomic E-state index is 12.4. The maximum absolute atomic E-state index is 12.4. The lowest BCUT2D eigenvalue weighted by Gasteiger charge is -2.05. The molecule has 0 aliphatic heterocycles. The lowest BCUT2D eigenvalue weighted by atomic mass is 10.1. The molecule has 1 amide bonds. The summed E-state index contributed by atoms with van der Waals surface area (Å²) >= 11 is 0. The highest BCUT2D eigenvalue weighted by molar-refractivity contribution is 5.93. The predicted octanol–water partition coefficient (Wildman–Crippen LogP) is 3.97. The Bertz CT molecular complexity index is 655. The number of primary amides is 1. The van der Waals surface area contributed by atoms with Crippen molar-refractivity contribution < 1.29 is 18.0 Å². The molecule has 0 spiro atoms. The van der Waals surface area contributed by atoms with Gasteiger partial charge in [-0.05, 0) is 35.4 Å². The summed E-state index contributed by atoms with van der Waals surface area (Å²) in [5.74, 6) is -0.506. The third-order valence-electron chi connectivity index (χ3n) is 2.90. The zero-order chi connectivity index (χ0) is 15.5. The molecule has 2 rings (SSSR count). The largest absolute Gasteiger partial charge is 0.416 e. The summed E-state index contributed by atoms with van der Waals surface area (Å²) in [4.78, 5) is 10.9. The van der Waals surface area contributed by atoms with E-state index < -0.39 is 17.6 Å². The smallest absolute Gasteiger partial charge is 0.366 e. The molecule has 2 aromatic carbocycles. The van der Waals surface area contributed by atoms with Crippen molar-refractivity contribution in [3.8, 4) is 0 Å². The van der Waals surface area contributed by atoms with E-state index in [1.165, 1.54) is 12.1 Å². The molecule has 0 unspecified atom stereocenters. The molecule has 0 radical (unpaired) electrons. The van der Waals surface area contributed by atoms with Gasteiger partial charge in [0.15, 0.2) is 0 Å². The summed E-state index contributed by atoms with van der Waals surface area (Å²) in [5.41, 5.74) is 6.33. The monoisotopic (exact) mass is 291 g/mol. The lowest BCUT2D eigenvalue weighted by molar-refractivity contribution is -0.137. The second-order valence-corrected chi connectivity index (χ2v) is 4.44. The number of nitrogens with two attached hydrogens (primary N) is 1. The van der Waals surface area contributed by atoms with Gasteiger partial charge >= 0.3 is 6.18 Å². The van der Waals surface area contributed by atoms with Crippen LogP contribution in [0.4, 0.5) is 13.2 Å². The molecule has 0 saturated heterocycles. The number of carbonyl (C=O) groups is 1. The number of alkyl halides is 3. The second kappa shape index (κ2) is 5.83. The maximum Gasteiger partial charge on any atom is 0.416 e. The summed E-state index contributed by atoms with van der Waals surface area (Å²) in [6.07, 6.45) is -0.889. The van der Waals surface area contributed by atoms with Crippen molar-refractivity contribution in [3.63, 3.8) is 0 Å². The quantitative estimate of drug-likeness (QED) is 0.854. The van der Waals surface area contributed by atoms with Gasteiger partial charge in [-0.1, -0.05) is 36.4 Å². The van der Waals surface area contributed by atoms with Gasteiger partial charge in [-0.25, -0.2) is 0 Å². The zero-order valence-electron chi connectivity index (χ0n) is 10.9. The average Bonchev–Trinajstić information content (AvgIpc) is 2.45. The second-order valence-electron chi connectivity index (χ2n) is 4.44. The molecule has 0 heterocycles. The summed E-state index contributed by atoms with van der Waals surface area (Å²) in [6.45, 7) is 0. The molecule has 2 nitrogen and oxygen atoms in total. The number of rotatable bonds is 3. The Morgan fingerprint density at radius 1 is 0.857 bits per heavy atom. The molecule has 5 heteroatoms. The predicted molar refractivity (Wildman–Crippen MR) is 75.3 cm³/mol. The molecular formula is C16H12F3NO. The molecule has 0 atom stereocenters. The van der Waals surface area contributed by atoms with E-state index in [0.29, 0.717) is 11.1 Å². The minimum absolute atomic E-state index is 0.404. The molecule has 2 aromatic rings. The number of hydrogen-bond acceptors (Lipinski definition) is 1. The summed E-state index contributed by atoms with van der Waals surface area (Å²) in [5, 5.41) is 0. The van der Waals surface area contributed by atoms with Crippen molar-refractivity contribution in [1.82, 2.24) is 0 Å². The molecule has 0 aliphatic rings. The fourth-order valence-electron chi connectivity index (χ4n) is 1.73. The van der Waals surface area contributed by atoms with Gasteiger partial charge in [0.1, 0.15) is 0 Å². The number of halogens is 3. The van der Waals surface area contributed by atoms with Gasteiger partial charge in [-0.15, -0.1) is 0 Å². The van der Waals surface area contributed by atoms with Crippen LogP contribution in [0, 0.1) is 0 Å². The molecule has 0 saturated carbocycles. The molecule has 21 heavy (non-hydrogen) atoms. The van der Waals surface area contributed by atoms with Crippen LogP contribution in [0.5, 0.6) is 0 Å². The van der Waals surface area contributed by atoms with E-state index in [1.54, 1.807) is 36.4 Å². The zero-order valence-corrected chi connectivity index (χ0v) is 10.9. The SMILES string of the molecule is NC(=O)c1ccc(/C=C/c2ccc(C(F)(F)F)cc2)cc1. The van der Waals surface area contributed by atoms with Crippen LogP contribution in [0.1, 0.15) is 27.0 Å². The van der Waals surface area contributed by atoms with Crippen molar-refractivity contribution in [3.05, 3.63) is 70.8 Å². The molecular weight excluding hydrogens is 279 g/mol. The van der Waals surface area contributed by atoms with Crippen LogP contribution in [0.25, 0.3) is 12.2 Å². The summed E-state index contributed by atoms with van der Waals surface area (Å²) < 4.78 is 37.3. The molecule has 0 aromatic heterocycles. The van der Waals surface area contributed by atoms with Gasteiger partial charge in [0, 0.05) is 5.56 Å². The van der Waals surface area contributed by atoms with Crippen molar-refractivity contribution in [1.29, 1.82) is 0 Å². The van der Waals surface area contributed by atoms with Crippen LogP contribution >= 0.6 is 0 Å². The van der Waals surface area contributed by atoms with E-state index in [9.17, 15) is 18.0 Å². The Balaban J connectivity index is 2.12. The van der Waals surface area contributed by atoms with Crippen LogP contribution < -0.4 is 5.73 Å². The van der Waals surface area contributed by atoms with Gasteiger partial charge in [0.05, 0.1) is 5.56 Å². The van der Waals surface area contributed by atoms with Crippen molar-refractivity contribution in [2.45, 2.75) is 6.18 Å². The van der Waals surface area contributed by atoms with E-state index in [-0.39, 0.29) is 0 Å². The number of carbonyl (C=O) groups excluding carboxylic acids is 1. The molecule has 0 aliphatic carbocycles. The molecule has 0 fully saturated rings. The average molecular weight is 291 g/mol. The van der Waals surface area contributed by atoms with Gasteiger partial charge in [-0.2, -0.15) is 13.2 Å². The van der Waals surface area contributed by atoms with Crippen molar-refractivity contribution in [2.75, 3.05) is 0 Å². The van der Waals surface area contributed by atoms with Crippen LogP contribution in [0.15, 0.2) is 48.5 Å². The molecule has 0 bridgehead atoms. The fraction of sp³-hybridized carbons (Fsp3) is 0.0625. The number of benzene rings is 2. The first kappa shape index (κ1) is 14.8. The van der Waals surface area contributed by atoms with E-state index in [4.69, 9.17) is 5.73 Å². The first-order chi connectivity index (χ1) is 9.86. The van der Waals surface area contributed by atoms with E-state index in [2.05, 4.69) is 0 Å². The summed E-state index contributed by atoms with van der Waals surface area (Å²) in [7, 11) is 0. The number of amides is 1. The third kappa shape index (κ3) is 3.95. The van der Waals surface area contributed by atoms with Gasteiger partial charge < -0.3 is 5.73 Å². The fourth-order valence-corrected chi connectivity index (χ4v) is 1.73. The van der Waals surface area contributed by atoms with Crippen LogP contribution in [-0.2, 0) is 6.18 Å². The number of hydrogen-bond donors (Lipinski definition) is 1. The Kier molecular flexibility index (Phi) is 4.12. The highest BCUT2D eigenvalue weighted by Crippen LogP contribution is 2.29. The first-order valence-electron chi connectivity index (χ1n) is 6.11. The standard InChI is InChI=1S/C16H12F3NO/c17-16(18,19)14-9-5-12(6-10-14)2-1-11-3-7-13(8-4-11)15(20)21/h1-10H,(H2,20,21)/b2-1+. The Morgan fingerprint density at radius 3 is 1.67 bits per heavy atom. The summed E-state index contributed by atoms with van der Waals surface area (Å²) in [6, 6.07) is 11.5. The highest BCUT2D eigenvalue weighted by atomic mass is 19.4. The van der Waals surface area contributed by atoms with Crippen LogP contribution in [0.2, 0.25) is 0 Å². The van der Waals surface area contributed by atoms with Crippen LogP contribution in [-0.4, -0.2) is 5.91 Å². The van der Waals surface area contributed by atoms with Crippen molar-refractivity contribution >= 4 is 18.1 Å². The minimum atomic E-state index is -4.33. The van der Waals surface area contributed by atoms with E-state index in [1.807, 2.05) is 0 Å². The Labute approximate surface area is 119 Å². The van der Waals surface area contributed by atoms with Gasteiger partial charge in [0.25, 0.3) is 0 Å². The first-order valence-corrected chi connectivity index (χ1v) is 6.11. The van der Waals surface area contributed by atoms with E-state index in [0.717, 1.165) is 17.7 Å². The van der Waals surface area contributed by atoms with Crippen molar-refractivity contribution in [2.24, 2.45) is 5.73 Å².